The molecule has 2 N–H and O–H groups in total. The molecule has 0 aliphatic carbocycles. The smallest absolute Gasteiger partial charge is 0.245 e. The van der Waals surface area contributed by atoms with E-state index in [1.807, 2.05) is 24.3 Å². The van der Waals surface area contributed by atoms with Gasteiger partial charge in [-0.25, -0.2) is 14.1 Å². The molecule has 3 aromatic heterocycles. The fourth-order valence-corrected chi connectivity index (χ4v) is 3.26. The molecule has 0 atom stereocenters. The fraction of sp³-hybridized carbons (Fsp3) is 0.200. The molecule has 1 aliphatic rings. The Morgan fingerprint density at radius 1 is 1.07 bits per heavy atom. The Labute approximate surface area is 171 Å². The molecule has 152 valence electrons. The van der Waals surface area contributed by atoms with Gasteiger partial charge in [0.1, 0.15) is 18.0 Å². The van der Waals surface area contributed by atoms with E-state index in [-0.39, 0.29) is 0 Å². The highest BCUT2D eigenvalue weighted by molar-refractivity contribution is 5.68. The van der Waals surface area contributed by atoms with Gasteiger partial charge < -0.3 is 15.0 Å². The number of benzene rings is 1. The SMILES string of the molecule is Fc1cnc(Nc2ccc(-n3cnc(N4CCOCC4)n3)cc2)cc1-c1cn[nH]c1. The van der Waals surface area contributed by atoms with Gasteiger partial charge in [0.2, 0.25) is 5.95 Å². The number of anilines is 3. The summed E-state index contributed by atoms with van der Waals surface area (Å²) >= 11 is 0. The van der Waals surface area contributed by atoms with Gasteiger partial charge in [-0.3, -0.25) is 5.10 Å². The predicted molar refractivity (Wildman–Crippen MR) is 109 cm³/mol. The van der Waals surface area contributed by atoms with Gasteiger partial charge in [-0.2, -0.15) is 10.1 Å². The van der Waals surface area contributed by atoms with E-state index in [2.05, 4.69) is 35.5 Å². The van der Waals surface area contributed by atoms with Crippen molar-refractivity contribution in [2.45, 2.75) is 0 Å². The number of aromatic amines is 1. The van der Waals surface area contributed by atoms with Crippen LogP contribution >= 0.6 is 0 Å². The van der Waals surface area contributed by atoms with Crippen LogP contribution in [-0.4, -0.2) is 56.2 Å². The molecule has 4 heterocycles. The van der Waals surface area contributed by atoms with Gasteiger partial charge in [0.15, 0.2) is 0 Å². The summed E-state index contributed by atoms with van der Waals surface area (Å²) in [6, 6.07) is 9.34. The number of halogens is 1. The number of nitrogens with one attached hydrogen (secondary N) is 2. The molecule has 0 bridgehead atoms. The zero-order chi connectivity index (χ0) is 20.3. The molecule has 10 heteroatoms. The van der Waals surface area contributed by atoms with Crippen molar-refractivity contribution in [3.63, 3.8) is 0 Å². The second-order valence-electron chi connectivity index (χ2n) is 6.80. The number of pyridine rings is 1. The Balaban J connectivity index is 1.31. The first kappa shape index (κ1) is 18.3. The van der Waals surface area contributed by atoms with Crippen LogP contribution in [0.5, 0.6) is 0 Å². The zero-order valence-corrected chi connectivity index (χ0v) is 16.0. The number of aromatic nitrogens is 6. The van der Waals surface area contributed by atoms with Crippen LogP contribution in [0.4, 0.5) is 21.8 Å². The highest BCUT2D eigenvalue weighted by atomic mass is 19.1. The van der Waals surface area contributed by atoms with Gasteiger partial charge in [0, 0.05) is 36.1 Å². The molecule has 5 rings (SSSR count). The normalized spacial score (nSPS) is 14.1. The number of ether oxygens (including phenoxy) is 1. The minimum Gasteiger partial charge on any atom is -0.378 e. The summed E-state index contributed by atoms with van der Waals surface area (Å²) in [7, 11) is 0. The van der Waals surface area contributed by atoms with E-state index in [1.54, 1.807) is 29.5 Å². The summed E-state index contributed by atoms with van der Waals surface area (Å²) in [4.78, 5) is 10.6. The molecular weight excluding hydrogens is 387 g/mol. The highest BCUT2D eigenvalue weighted by Crippen LogP contribution is 2.25. The van der Waals surface area contributed by atoms with Crippen LogP contribution in [0.1, 0.15) is 0 Å². The molecule has 1 aliphatic heterocycles. The molecule has 1 aromatic carbocycles. The predicted octanol–water partition coefficient (Wildman–Crippen LogP) is 2.77. The molecule has 0 spiro atoms. The monoisotopic (exact) mass is 406 g/mol. The lowest BCUT2D eigenvalue weighted by Crippen LogP contribution is -2.37. The van der Waals surface area contributed by atoms with Crippen molar-refractivity contribution in [3.8, 4) is 16.8 Å². The van der Waals surface area contributed by atoms with E-state index in [0.717, 1.165) is 24.5 Å². The Bertz CT molecular complexity index is 1120. The molecular formula is C20H19FN8O. The molecule has 9 nitrogen and oxygen atoms in total. The van der Waals surface area contributed by atoms with Crippen molar-refractivity contribution in [1.29, 1.82) is 0 Å². The molecule has 1 fully saturated rings. The maximum atomic E-state index is 14.1. The van der Waals surface area contributed by atoms with E-state index in [1.165, 1.54) is 6.20 Å². The van der Waals surface area contributed by atoms with Crippen LogP contribution in [-0.2, 0) is 4.74 Å². The number of morpholine rings is 1. The van der Waals surface area contributed by atoms with Gasteiger partial charge in [0.05, 0.1) is 31.3 Å². The first-order valence-electron chi connectivity index (χ1n) is 9.53. The Kier molecular flexibility index (Phi) is 4.81. The standard InChI is InChI=1S/C20H19FN8O/c21-18-12-22-19(9-17(18)14-10-24-25-11-14)26-15-1-3-16(4-2-15)29-13-23-20(27-29)28-5-7-30-8-6-28/h1-4,9-13H,5-8H2,(H,22,26)(H,24,25). The summed E-state index contributed by atoms with van der Waals surface area (Å²) in [5.41, 5.74) is 2.80. The summed E-state index contributed by atoms with van der Waals surface area (Å²) in [5.74, 6) is 0.832. The molecule has 1 saturated heterocycles. The molecule has 30 heavy (non-hydrogen) atoms. The first-order valence-corrected chi connectivity index (χ1v) is 9.53. The van der Waals surface area contributed by atoms with Crippen molar-refractivity contribution in [2.75, 3.05) is 36.5 Å². The van der Waals surface area contributed by atoms with Crippen molar-refractivity contribution >= 4 is 17.5 Å². The van der Waals surface area contributed by atoms with Gasteiger partial charge >= 0.3 is 0 Å². The van der Waals surface area contributed by atoms with E-state index < -0.39 is 5.82 Å². The van der Waals surface area contributed by atoms with Gasteiger partial charge in [-0.1, -0.05) is 0 Å². The van der Waals surface area contributed by atoms with Crippen LogP contribution < -0.4 is 10.2 Å². The van der Waals surface area contributed by atoms with Gasteiger partial charge in [-0.15, -0.1) is 5.10 Å². The second kappa shape index (κ2) is 7.91. The van der Waals surface area contributed by atoms with Gasteiger partial charge in [-0.05, 0) is 30.3 Å². The summed E-state index contributed by atoms with van der Waals surface area (Å²) in [5, 5.41) is 14.3. The average Bonchev–Trinajstić information content (AvgIpc) is 3.49. The number of hydrogen-bond donors (Lipinski definition) is 2. The van der Waals surface area contributed by atoms with E-state index in [9.17, 15) is 4.39 Å². The van der Waals surface area contributed by atoms with Crippen LogP contribution in [0.3, 0.4) is 0 Å². The number of nitrogens with zero attached hydrogens (tertiary/aromatic N) is 6. The van der Waals surface area contributed by atoms with Crippen molar-refractivity contribution in [1.82, 2.24) is 29.9 Å². The third kappa shape index (κ3) is 3.72. The fourth-order valence-electron chi connectivity index (χ4n) is 3.26. The quantitative estimate of drug-likeness (QED) is 0.526. The molecule has 0 saturated carbocycles. The summed E-state index contributed by atoms with van der Waals surface area (Å²) < 4.78 is 21.2. The third-order valence-electron chi connectivity index (χ3n) is 4.84. The summed E-state index contributed by atoms with van der Waals surface area (Å²) in [6.45, 7) is 2.96. The molecule has 0 unspecified atom stereocenters. The largest absolute Gasteiger partial charge is 0.378 e. The number of hydrogen-bond acceptors (Lipinski definition) is 7. The number of rotatable bonds is 5. The van der Waals surface area contributed by atoms with Crippen LogP contribution in [0.15, 0.2) is 55.2 Å². The molecule has 4 aromatic rings. The molecule has 0 amide bonds. The Morgan fingerprint density at radius 2 is 1.90 bits per heavy atom. The van der Waals surface area contributed by atoms with Crippen LogP contribution in [0.2, 0.25) is 0 Å². The second-order valence-corrected chi connectivity index (χ2v) is 6.80. The zero-order valence-electron chi connectivity index (χ0n) is 16.0. The molecule has 0 radical (unpaired) electrons. The summed E-state index contributed by atoms with van der Waals surface area (Å²) in [6.07, 6.45) is 6.11. The highest BCUT2D eigenvalue weighted by Gasteiger charge is 2.15. The Morgan fingerprint density at radius 3 is 2.67 bits per heavy atom. The maximum Gasteiger partial charge on any atom is 0.245 e. The van der Waals surface area contributed by atoms with Crippen molar-refractivity contribution in [3.05, 3.63) is 61.1 Å². The topological polar surface area (TPSA) is 96.8 Å². The van der Waals surface area contributed by atoms with E-state index in [0.29, 0.717) is 36.1 Å². The lowest BCUT2D eigenvalue weighted by atomic mass is 10.1. The van der Waals surface area contributed by atoms with Crippen LogP contribution in [0.25, 0.3) is 16.8 Å². The maximum absolute atomic E-state index is 14.1. The van der Waals surface area contributed by atoms with E-state index in [4.69, 9.17) is 4.74 Å². The lowest BCUT2D eigenvalue weighted by molar-refractivity contribution is 0.122. The minimum absolute atomic E-state index is 0.403. The lowest BCUT2D eigenvalue weighted by Gasteiger charge is -2.25. The first-order chi connectivity index (χ1) is 14.8. The van der Waals surface area contributed by atoms with Crippen molar-refractivity contribution < 1.29 is 9.13 Å². The van der Waals surface area contributed by atoms with Crippen LogP contribution in [0, 0.1) is 5.82 Å². The average molecular weight is 406 g/mol. The Hall–Kier alpha value is -3.79. The van der Waals surface area contributed by atoms with Gasteiger partial charge in [0.25, 0.3) is 0 Å². The van der Waals surface area contributed by atoms with E-state index >= 15 is 0 Å². The van der Waals surface area contributed by atoms with Crippen molar-refractivity contribution in [2.24, 2.45) is 0 Å². The third-order valence-corrected chi connectivity index (χ3v) is 4.84. The minimum atomic E-state index is -0.403. The number of H-pyrrole nitrogens is 1.